The molecule has 148 valence electrons. The lowest BCUT2D eigenvalue weighted by Gasteiger charge is -2.31. The summed E-state index contributed by atoms with van der Waals surface area (Å²) >= 11 is 0. The van der Waals surface area contributed by atoms with Gasteiger partial charge >= 0.3 is 5.76 Å². The summed E-state index contributed by atoms with van der Waals surface area (Å²) in [6.45, 7) is 3.32. The summed E-state index contributed by atoms with van der Waals surface area (Å²) in [6.07, 6.45) is 0. The Labute approximate surface area is 162 Å². The van der Waals surface area contributed by atoms with Crippen LogP contribution in [0, 0.1) is 0 Å². The van der Waals surface area contributed by atoms with Gasteiger partial charge in [-0.1, -0.05) is 30.3 Å². The summed E-state index contributed by atoms with van der Waals surface area (Å²) in [7, 11) is -3.82. The number of morpholine rings is 1. The summed E-state index contributed by atoms with van der Waals surface area (Å²) < 4.78 is 39.2. The lowest BCUT2D eigenvalue weighted by molar-refractivity contribution is 0.0345. The predicted molar refractivity (Wildman–Crippen MR) is 104 cm³/mol. The minimum absolute atomic E-state index is 0.0469. The molecule has 0 radical (unpaired) electrons. The van der Waals surface area contributed by atoms with Crippen LogP contribution >= 0.6 is 0 Å². The molecule has 0 bridgehead atoms. The van der Waals surface area contributed by atoms with Crippen LogP contribution in [0.15, 0.2) is 62.6 Å². The second kappa shape index (κ2) is 7.88. The fourth-order valence-electron chi connectivity index (χ4n) is 3.29. The first-order valence-corrected chi connectivity index (χ1v) is 10.5. The molecule has 3 aromatic rings. The van der Waals surface area contributed by atoms with Crippen molar-refractivity contribution in [3.8, 4) is 0 Å². The van der Waals surface area contributed by atoms with Crippen molar-refractivity contribution in [1.29, 1.82) is 0 Å². The van der Waals surface area contributed by atoms with E-state index in [0.29, 0.717) is 25.3 Å². The third-order valence-corrected chi connectivity index (χ3v) is 6.22. The maximum atomic E-state index is 13.0. The van der Waals surface area contributed by atoms with E-state index in [4.69, 9.17) is 9.15 Å². The molecule has 1 atom stereocenters. The van der Waals surface area contributed by atoms with Gasteiger partial charge in [-0.2, -0.15) is 0 Å². The van der Waals surface area contributed by atoms with Crippen molar-refractivity contribution in [1.82, 2.24) is 14.6 Å². The van der Waals surface area contributed by atoms with Crippen molar-refractivity contribution < 1.29 is 17.6 Å². The van der Waals surface area contributed by atoms with Crippen molar-refractivity contribution >= 4 is 21.1 Å². The summed E-state index contributed by atoms with van der Waals surface area (Å²) in [6, 6.07) is 13.4. The number of oxazole rings is 1. The predicted octanol–water partition coefficient (Wildman–Crippen LogP) is 1.47. The van der Waals surface area contributed by atoms with Crippen LogP contribution in [0.25, 0.3) is 11.1 Å². The smallest absolute Gasteiger partial charge is 0.408 e. The van der Waals surface area contributed by atoms with Gasteiger partial charge in [0.15, 0.2) is 5.58 Å². The maximum absolute atomic E-state index is 13.0. The number of aromatic nitrogens is 1. The van der Waals surface area contributed by atoms with Gasteiger partial charge < -0.3 is 9.15 Å². The molecule has 2 N–H and O–H groups in total. The van der Waals surface area contributed by atoms with Crippen LogP contribution in [0.4, 0.5) is 0 Å². The second-order valence-corrected chi connectivity index (χ2v) is 8.38. The quantitative estimate of drug-likeness (QED) is 0.646. The third kappa shape index (κ3) is 4.17. The summed E-state index contributed by atoms with van der Waals surface area (Å²) in [4.78, 5) is 16.1. The standard InChI is InChI=1S/C19H21N3O5S/c23-19-20-16-7-6-15(12-18(16)27-19)28(24,25)21-17(14-4-2-1-3-5-14)13-22-8-10-26-11-9-22/h1-7,12,17,21H,8-11,13H2,(H,20,23). The lowest BCUT2D eigenvalue weighted by atomic mass is 10.1. The van der Waals surface area contributed by atoms with Crippen LogP contribution in [0.3, 0.4) is 0 Å². The zero-order valence-corrected chi connectivity index (χ0v) is 15.9. The van der Waals surface area contributed by atoms with Gasteiger partial charge in [0.25, 0.3) is 0 Å². The maximum Gasteiger partial charge on any atom is 0.417 e. The van der Waals surface area contributed by atoms with Gasteiger partial charge in [0, 0.05) is 25.7 Å². The Balaban J connectivity index is 1.62. The number of nitrogens with one attached hydrogen (secondary N) is 2. The Morgan fingerprint density at radius 3 is 2.61 bits per heavy atom. The van der Waals surface area contributed by atoms with E-state index in [1.54, 1.807) is 0 Å². The molecule has 1 fully saturated rings. The number of sulfonamides is 1. The van der Waals surface area contributed by atoms with Crippen LogP contribution in [0.1, 0.15) is 11.6 Å². The molecule has 1 aliphatic heterocycles. The zero-order valence-electron chi connectivity index (χ0n) is 15.1. The van der Waals surface area contributed by atoms with E-state index in [2.05, 4.69) is 14.6 Å². The first-order valence-electron chi connectivity index (χ1n) is 9.01. The minimum Gasteiger partial charge on any atom is -0.408 e. The molecule has 8 nitrogen and oxygen atoms in total. The summed E-state index contributed by atoms with van der Waals surface area (Å²) in [5, 5.41) is 0. The Hall–Kier alpha value is -2.46. The molecule has 2 heterocycles. The van der Waals surface area contributed by atoms with E-state index < -0.39 is 21.8 Å². The number of nitrogens with zero attached hydrogens (tertiary/aromatic N) is 1. The van der Waals surface area contributed by atoms with Crippen molar-refractivity contribution in [3.05, 3.63) is 64.6 Å². The largest absolute Gasteiger partial charge is 0.417 e. The van der Waals surface area contributed by atoms with E-state index in [0.717, 1.165) is 18.7 Å². The molecule has 2 aromatic carbocycles. The van der Waals surface area contributed by atoms with Crippen LogP contribution in [-0.2, 0) is 14.8 Å². The SMILES string of the molecule is O=c1[nH]c2ccc(S(=O)(=O)NC(CN3CCOCC3)c3ccccc3)cc2o1. The van der Waals surface area contributed by atoms with E-state index in [1.807, 2.05) is 30.3 Å². The number of benzene rings is 2. The van der Waals surface area contributed by atoms with E-state index in [1.165, 1.54) is 18.2 Å². The first-order chi connectivity index (χ1) is 13.5. The fraction of sp³-hybridized carbons (Fsp3) is 0.316. The van der Waals surface area contributed by atoms with E-state index in [-0.39, 0.29) is 10.5 Å². The molecular formula is C19H21N3O5S. The third-order valence-electron chi connectivity index (χ3n) is 4.75. The first kappa shape index (κ1) is 18.9. The van der Waals surface area contributed by atoms with E-state index in [9.17, 15) is 13.2 Å². The highest BCUT2D eigenvalue weighted by molar-refractivity contribution is 7.89. The van der Waals surface area contributed by atoms with Crippen molar-refractivity contribution in [3.63, 3.8) is 0 Å². The Morgan fingerprint density at radius 1 is 1.11 bits per heavy atom. The highest BCUT2D eigenvalue weighted by Gasteiger charge is 2.25. The molecule has 0 spiro atoms. The molecule has 9 heteroatoms. The molecule has 0 saturated carbocycles. The highest BCUT2D eigenvalue weighted by Crippen LogP contribution is 2.21. The van der Waals surface area contributed by atoms with Crippen LogP contribution in [0.2, 0.25) is 0 Å². The van der Waals surface area contributed by atoms with Gasteiger partial charge in [0.1, 0.15) is 0 Å². The molecule has 1 aliphatic rings. The van der Waals surface area contributed by atoms with Gasteiger partial charge in [-0.25, -0.2) is 17.9 Å². The summed E-state index contributed by atoms with van der Waals surface area (Å²) in [5.41, 5.74) is 1.54. The van der Waals surface area contributed by atoms with Gasteiger partial charge in [-0.15, -0.1) is 0 Å². The minimum atomic E-state index is -3.82. The van der Waals surface area contributed by atoms with Crippen molar-refractivity contribution in [2.45, 2.75) is 10.9 Å². The average Bonchev–Trinajstić information content (AvgIpc) is 3.08. The monoisotopic (exact) mass is 403 g/mol. The Kier molecular flexibility index (Phi) is 5.31. The molecule has 0 aliphatic carbocycles. The average molecular weight is 403 g/mol. The van der Waals surface area contributed by atoms with Gasteiger partial charge in [0.2, 0.25) is 10.0 Å². The molecule has 1 aromatic heterocycles. The number of hydrogen-bond donors (Lipinski definition) is 2. The normalized spacial score (nSPS) is 17.0. The Morgan fingerprint density at radius 2 is 1.86 bits per heavy atom. The molecular weight excluding hydrogens is 382 g/mol. The fourth-order valence-corrected chi connectivity index (χ4v) is 4.52. The lowest BCUT2D eigenvalue weighted by Crippen LogP contribution is -2.43. The molecule has 0 amide bonds. The second-order valence-electron chi connectivity index (χ2n) is 6.67. The van der Waals surface area contributed by atoms with E-state index >= 15 is 0 Å². The van der Waals surface area contributed by atoms with Crippen LogP contribution < -0.4 is 10.5 Å². The van der Waals surface area contributed by atoms with Crippen LogP contribution in [0.5, 0.6) is 0 Å². The van der Waals surface area contributed by atoms with Crippen molar-refractivity contribution in [2.24, 2.45) is 0 Å². The molecule has 4 rings (SSSR count). The molecule has 1 saturated heterocycles. The number of aromatic amines is 1. The number of H-pyrrole nitrogens is 1. The highest BCUT2D eigenvalue weighted by atomic mass is 32.2. The van der Waals surface area contributed by atoms with Gasteiger partial charge in [-0.3, -0.25) is 9.88 Å². The number of fused-ring (bicyclic) bond motifs is 1. The number of rotatable bonds is 6. The molecule has 28 heavy (non-hydrogen) atoms. The number of hydrogen-bond acceptors (Lipinski definition) is 6. The Bertz CT molecular complexity index is 1100. The van der Waals surface area contributed by atoms with Gasteiger partial charge in [-0.05, 0) is 17.7 Å². The summed E-state index contributed by atoms with van der Waals surface area (Å²) in [5.74, 6) is -0.619. The van der Waals surface area contributed by atoms with Crippen molar-refractivity contribution in [2.75, 3.05) is 32.8 Å². The van der Waals surface area contributed by atoms with Gasteiger partial charge in [0.05, 0.1) is 29.7 Å². The number of ether oxygens (including phenoxy) is 1. The topological polar surface area (TPSA) is 105 Å². The zero-order chi connectivity index (χ0) is 19.6. The molecule has 1 unspecified atom stereocenters. The van der Waals surface area contributed by atoms with Crippen LogP contribution in [-0.4, -0.2) is 51.1 Å².